The number of ether oxygens (including phenoxy) is 5. The van der Waals surface area contributed by atoms with E-state index in [1.807, 2.05) is 25.9 Å². The Kier molecular flexibility index (Phi) is 15.4. The van der Waals surface area contributed by atoms with Crippen molar-refractivity contribution in [2.75, 3.05) is 20.6 Å². The standard InChI is InChI=1S/C44H60FN5O10S/c1-11-32-44(8)36(49-42(61)60-44)25(4)33(51)23(2)21-43(7,59-41(55)48-22-30(45)20-28-13-15-29(16-14-28)38-46-17-12-18-47-38)37(26(5)34(52)27(6)39(54)57-32)58-40-35(53)31(50(9)10)19-24(3)56-40/h12-18,20,23-27,31-32,35-37,40,53H,11,19,21-22H2,1-10H3,(H,48,55)(H,49,61)/t23-,24-,25+,26+,27-,31+,32-,35-,36-,37-,40+,43-,44-/m1/s1. The monoisotopic (exact) mass is 869 g/mol. The molecule has 0 unspecified atom stereocenters. The first-order valence-electron chi connectivity index (χ1n) is 20.8. The molecule has 0 spiro atoms. The SMILES string of the molecule is CC[C@H]1OC(=O)[C@H](C)C(=O)[C@H](C)[C@@H](O[C@@H]2O[C@H](C)C[C@H](N(C)C)[C@H]2O)[C@](C)(OC(=O)NCC(F)=Cc2ccc(-c3ncccn3)cc2)C[C@@H](C)C(=O)[C@H](C)[C@H]2NC(=S)O[C@@]21C. The minimum absolute atomic E-state index is 0.0334. The fraction of sp³-hybridized carbons (Fsp3) is 0.614. The summed E-state index contributed by atoms with van der Waals surface area (Å²) in [7, 11) is 3.62. The summed E-state index contributed by atoms with van der Waals surface area (Å²) in [5.74, 6) is -6.09. The number of aliphatic hydroxyl groups is 1. The Bertz CT molecular complexity index is 1940. The van der Waals surface area contributed by atoms with E-state index in [9.17, 15) is 24.3 Å². The van der Waals surface area contributed by atoms with Crippen LogP contribution in [0.15, 0.2) is 48.6 Å². The second kappa shape index (κ2) is 19.7. The maximum Gasteiger partial charge on any atom is 0.408 e. The second-order valence-corrected chi connectivity index (χ2v) is 17.6. The van der Waals surface area contributed by atoms with Crippen LogP contribution in [0.1, 0.15) is 80.2 Å². The first-order valence-corrected chi connectivity index (χ1v) is 21.2. The van der Waals surface area contributed by atoms with Gasteiger partial charge in [0.25, 0.3) is 5.17 Å². The van der Waals surface area contributed by atoms with Gasteiger partial charge >= 0.3 is 12.1 Å². The molecule has 0 radical (unpaired) electrons. The highest BCUT2D eigenvalue weighted by Crippen LogP contribution is 2.40. The fourth-order valence-electron chi connectivity index (χ4n) is 8.90. The molecule has 1 aromatic heterocycles. The molecule has 5 rings (SSSR count). The van der Waals surface area contributed by atoms with Crippen molar-refractivity contribution in [3.8, 4) is 11.4 Å². The normalized spacial score (nSPS) is 35.4. The molecule has 0 bridgehead atoms. The Hall–Kier alpha value is -4.42. The van der Waals surface area contributed by atoms with Gasteiger partial charge in [-0.1, -0.05) is 52.0 Å². The van der Waals surface area contributed by atoms with Gasteiger partial charge in [-0.3, -0.25) is 14.4 Å². The predicted octanol–water partition coefficient (Wildman–Crippen LogP) is 5.19. The van der Waals surface area contributed by atoms with Crippen molar-refractivity contribution in [2.45, 2.75) is 129 Å². The molecule has 1 aromatic carbocycles. The Balaban J connectivity index is 1.50. The van der Waals surface area contributed by atoms with Gasteiger partial charge in [0.2, 0.25) is 0 Å². The average molecular weight is 870 g/mol. The summed E-state index contributed by atoms with van der Waals surface area (Å²) in [4.78, 5) is 66.9. The number of aromatic nitrogens is 2. The number of hydrogen-bond acceptors (Lipinski definition) is 14. The van der Waals surface area contributed by atoms with Crippen LogP contribution in [0.4, 0.5) is 9.18 Å². The number of nitrogens with zero attached hydrogens (tertiary/aromatic N) is 3. The predicted molar refractivity (Wildman–Crippen MR) is 227 cm³/mol. The average Bonchev–Trinajstić information content (AvgIpc) is 3.54. The Morgan fingerprint density at radius 3 is 2.34 bits per heavy atom. The van der Waals surface area contributed by atoms with Crippen LogP contribution in [0.25, 0.3) is 17.5 Å². The Morgan fingerprint density at radius 2 is 1.72 bits per heavy atom. The third-order valence-electron chi connectivity index (χ3n) is 12.2. The molecule has 4 heterocycles. The minimum atomic E-state index is -1.83. The van der Waals surface area contributed by atoms with Crippen LogP contribution in [-0.4, -0.2) is 123 Å². The molecule has 0 aliphatic carbocycles. The lowest BCUT2D eigenvalue weighted by atomic mass is 9.73. The van der Waals surface area contributed by atoms with Crippen molar-refractivity contribution in [2.24, 2.45) is 23.7 Å². The summed E-state index contributed by atoms with van der Waals surface area (Å²) < 4.78 is 46.4. The van der Waals surface area contributed by atoms with E-state index in [4.69, 9.17) is 35.9 Å². The maximum atomic E-state index is 15.4. The van der Waals surface area contributed by atoms with Crippen molar-refractivity contribution >= 4 is 47.1 Å². The number of halogens is 1. The first-order chi connectivity index (χ1) is 28.7. The Labute approximate surface area is 362 Å². The molecule has 3 saturated heterocycles. The van der Waals surface area contributed by atoms with Crippen LogP contribution >= 0.6 is 12.2 Å². The topological polar surface area (TPSA) is 188 Å². The van der Waals surface area contributed by atoms with E-state index in [0.29, 0.717) is 17.8 Å². The van der Waals surface area contributed by atoms with E-state index < -0.39 is 102 Å². The second-order valence-electron chi connectivity index (χ2n) is 17.2. The fourth-order valence-corrected chi connectivity index (χ4v) is 9.20. The number of ketones is 2. The molecule has 13 atom stereocenters. The van der Waals surface area contributed by atoms with Gasteiger partial charge in [-0.25, -0.2) is 19.2 Å². The number of carbonyl (C=O) groups is 4. The number of likely N-dealkylation sites (N-methyl/N-ethyl adjacent to an activating group) is 1. The lowest BCUT2D eigenvalue weighted by Crippen LogP contribution is -2.60. The molecule has 3 N–H and O–H groups in total. The van der Waals surface area contributed by atoms with Crippen LogP contribution < -0.4 is 10.6 Å². The zero-order chi connectivity index (χ0) is 45.0. The van der Waals surface area contributed by atoms with Crippen molar-refractivity contribution < 1.29 is 52.4 Å². The molecule has 2 aromatic rings. The number of benzene rings is 1. The van der Waals surface area contributed by atoms with E-state index in [-0.39, 0.29) is 29.9 Å². The zero-order valence-electron chi connectivity index (χ0n) is 36.5. The highest BCUT2D eigenvalue weighted by atomic mass is 32.1. The van der Waals surface area contributed by atoms with Gasteiger partial charge in [-0.2, -0.15) is 0 Å². The largest absolute Gasteiger partial charge is 0.459 e. The number of hydrogen-bond donors (Lipinski definition) is 3. The van der Waals surface area contributed by atoms with Crippen molar-refractivity contribution in [3.63, 3.8) is 0 Å². The quantitative estimate of drug-likeness (QED) is 0.170. The summed E-state index contributed by atoms with van der Waals surface area (Å²) in [5, 5.41) is 17.2. The van der Waals surface area contributed by atoms with E-state index in [2.05, 4.69) is 20.6 Å². The lowest BCUT2D eigenvalue weighted by Gasteiger charge is -2.47. The van der Waals surface area contributed by atoms with Gasteiger partial charge in [0.15, 0.2) is 23.5 Å². The van der Waals surface area contributed by atoms with Crippen LogP contribution in [0.3, 0.4) is 0 Å². The van der Waals surface area contributed by atoms with E-state index in [1.54, 1.807) is 70.4 Å². The lowest BCUT2D eigenvalue weighted by molar-refractivity contribution is -0.292. The van der Waals surface area contributed by atoms with Crippen molar-refractivity contribution in [1.82, 2.24) is 25.5 Å². The Morgan fingerprint density at radius 1 is 1.07 bits per heavy atom. The number of carbonyl (C=O) groups excluding carboxylic acids is 4. The van der Waals surface area contributed by atoms with E-state index in [0.717, 1.165) is 5.56 Å². The van der Waals surface area contributed by atoms with Gasteiger partial charge in [0, 0.05) is 41.8 Å². The molecule has 17 heteroatoms. The summed E-state index contributed by atoms with van der Waals surface area (Å²) in [5.41, 5.74) is -1.86. The van der Waals surface area contributed by atoms with E-state index in [1.165, 1.54) is 26.8 Å². The summed E-state index contributed by atoms with van der Waals surface area (Å²) in [6.07, 6.45) is -1.24. The van der Waals surface area contributed by atoms with Gasteiger partial charge < -0.3 is 44.3 Å². The molecule has 3 aliphatic heterocycles. The molecule has 3 fully saturated rings. The van der Waals surface area contributed by atoms with Crippen LogP contribution in [0.2, 0.25) is 0 Å². The number of Topliss-reactive ketones (excluding diaryl/α,β-unsaturated/α-hetero) is 2. The van der Waals surface area contributed by atoms with Gasteiger partial charge in [0.1, 0.15) is 41.4 Å². The summed E-state index contributed by atoms with van der Waals surface area (Å²) >= 11 is 5.40. The zero-order valence-corrected chi connectivity index (χ0v) is 37.4. The van der Waals surface area contributed by atoms with Gasteiger partial charge in [-0.05, 0) is 91.0 Å². The number of nitrogens with one attached hydrogen (secondary N) is 2. The van der Waals surface area contributed by atoms with Crippen LogP contribution in [0, 0.1) is 23.7 Å². The smallest absolute Gasteiger partial charge is 0.408 e. The molecule has 15 nitrogen and oxygen atoms in total. The molecular formula is C44H60FN5O10S. The molecule has 61 heavy (non-hydrogen) atoms. The summed E-state index contributed by atoms with van der Waals surface area (Å²) in [6, 6.07) is 7.42. The number of amides is 1. The van der Waals surface area contributed by atoms with E-state index >= 15 is 4.39 Å². The number of esters is 1. The molecule has 0 saturated carbocycles. The third-order valence-corrected chi connectivity index (χ3v) is 12.4. The maximum absolute atomic E-state index is 15.4. The molecule has 334 valence electrons. The third kappa shape index (κ3) is 10.8. The van der Waals surface area contributed by atoms with Crippen LogP contribution in [-0.2, 0) is 38.1 Å². The number of cyclic esters (lactones) is 1. The number of fused-ring (bicyclic) bond motifs is 1. The number of alkyl carbamates (subject to hydrolysis) is 1. The molecule has 1 amide bonds. The minimum Gasteiger partial charge on any atom is -0.459 e. The van der Waals surface area contributed by atoms with Crippen molar-refractivity contribution in [1.29, 1.82) is 0 Å². The van der Waals surface area contributed by atoms with Crippen molar-refractivity contribution in [3.05, 3.63) is 54.1 Å². The van der Waals surface area contributed by atoms with Crippen LogP contribution in [0.5, 0.6) is 0 Å². The number of rotatable bonds is 9. The molecule has 3 aliphatic rings. The highest BCUT2D eigenvalue weighted by Gasteiger charge is 2.57. The number of aliphatic hydroxyl groups excluding tert-OH is 1. The summed E-state index contributed by atoms with van der Waals surface area (Å²) in [6.45, 7) is 12.6. The number of thiocarbonyl (C=S) groups is 1. The van der Waals surface area contributed by atoms with Gasteiger partial charge in [-0.15, -0.1) is 0 Å². The van der Waals surface area contributed by atoms with Gasteiger partial charge in [0.05, 0.1) is 18.7 Å². The first kappa shape index (κ1) is 47.6. The highest BCUT2D eigenvalue weighted by molar-refractivity contribution is 7.80. The molecular weight excluding hydrogens is 810 g/mol.